The molecule has 112 valence electrons. The zero-order chi connectivity index (χ0) is 15.1. The maximum absolute atomic E-state index is 12.2. The number of nitrogens with zero attached hydrogens (tertiary/aromatic N) is 4. The van der Waals surface area contributed by atoms with Crippen LogP contribution in [-0.2, 0) is 16.6 Å². The Balaban J connectivity index is 1.55. The predicted octanol–water partition coefficient (Wildman–Crippen LogP) is -0.221. The normalized spacial score (nSPS) is 19.0. The topological polar surface area (TPSA) is 84.7 Å². The smallest absolute Gasteiger partial charge is 0.417 e. The van der Waals surface area contributed by atoms with Crippen molar-refractivity contribution < 1.29 is 19.1 Å². The van der Waals surface area contributed by atoms with Gasteiger partial charge in [-0.05, 0) is 13.0 Å². The number of ether oxygens (including phenoxy) is 1. The SMILES string of the molecule is Cc1cc(C(=O)N2CC(CN3C(=O)COC3=O)C2)nn1C. The molecule has 3 heterocycles. The average Bonchev–Trinajstić information content (AvgIpc) is 2.89. The third-order valence-corrected chi connectivity index (χ3v) is 3.86. The highest BCUT2D eigenvalue weighted by Gasteiger charge is 2.38. The average molecular weight is 292 g/mol. The fraction of sp³-hybridized carbons (Fsp3) is 0.538. The van der Waals surface area contributed by atoms with Crippen LogP contribution >= 0.6 is 0 Å². The van der Waals surface area contributed by atoms with E-state index in [2.05, 4.69) is 9.84 Å². The second-order valence-electron chi connectivity index (χ2n) is 5.43. The summed E-state index contributed by atoms with van der Waals surface area (Å²) in [6.45, 7) is 3.05. The van der Waals surface area contributed by atoms with Gasteiger partial charge in [-0.25, -0.2) is 9.69 Å². The van der Waals surface area contributed by atoms with Crippen LogP contribution in [0.5, 0.6) is 0 Å². The Hall–Kier alpha value is -2.38. The third kappa shape index (κ3) is 2.37. The second kappa shape index (κ2) is 4.87. The summed E-state index contributed by atoms with van der Waals surface area (Å²) < 4.78 is 6.31. The lowest BCUT2D eigenvalue weighted by Crippen LogP contribution is -2.54. The molecule has 8 heteroatoms. The molecule has 2 fully saturated rings. The van der Waals surface area contributed by atoms with E-state index < -0.39 is 6.09 Å². The first-order valence-corrected chi connectivity index (χ1v) is 6.72. The highest BCUT2D eigenvalue weighted by molar-refractivity contribution is 5.98. The molecule has 1 aromatic heterocycles. The predicted molar refractivity (Wildman–Crippen MR) is 70.4 cm³/mol. The molecular formula is C13H16N4O4. The number of carbonyl (C=O) groups is 3. The summed E-state index contributed by atoms with van der Waals surface area (Å²) in [7, 11) is 1.79. The third-order valence-electron chi connectivity index (χ3n) is 3.86. The molecule has 0 bridgehead atoms. The van der Waals surface area contributed by atoms with Gasteiger partial charge in [0.2, 0.25) is 0 Å². The lowest BCUT2D eigenvalue weighted by Gasteiger charge is -2.39. The molecule has 0 aliphatic carbocycles. The molecular weight excluding hydrogens is 276 g/mol. The zero-order valence-electron chi connectivity index (χ0n) is 11.9. The van der Waals surface area contributed by atoms with Crippen LogP contribution in [0, 0.1) is 12.8 Å². The number of hydrogen-bond donors (Lipinski definition) is 0. The van der Waals surface area contributed by atoms with Crippen LogP contribution < -0.4 is 0 Å². The lowest BCUT2D eigenvalue weighted by molar-refractivity contribution is -0.126. The first-order valence-electron chi connectivity index (χ1n) is 6.72. The molecule has 1 aromatic rings. The molecule has 0 unspecified atom stereocenters. The number of likely N-dealkylation sites (tertiary alicyclic amines) is 1. The largest absolute Gasteiger partial charge is 0.439 e. The molecule has 0 radical (unpaired) electrons. The van der Waals surface area contributed by atoms with Crippen molar-refractivity contribution in [3.63, 3.8) is 0 Å². The molecule has 2 aliphatic rings. The van der Waals surface area contributed by atoms with E-state index in [0.717, 1.165) is 10.6 Å². The summed E-state index contributed by atoms with van der Waals surface area (Å²) in [5.41, 5.74) is 1.34. The van der Waals surface area contributed by atoms with Gasteiger partial charge >= 0.3 is 6.09 Å². The van der Waals surface area contributed by atoms with Crippen molar-refractivity contribution in [1.29, 1.82) is 0 Å². The molecule has 0 N–H and O–H groups in total. The van der Waals surface area contributed by atoms with Crippen LogP contribution in [0.4, 0.5) is 4.79 Å². The molecule has 8 nitrogen and oxygen atoms in total. The van der Waals surface area contributed by atoms with Gasteiger partial charge in [0.25, 0.3) is 11.8 Å². The van der Waals surface area contributed by atoms with E-state index in [4.69, 9.17) is 0 Å². The van der Waals surface area contributed by atoms with Gasteiger partial charge in [-0.2, -0.15) is 5.10 Å². The van der Waals surface area contributed by atoms with Gasteiger partial charge < -0.3 is 9.64 Å². The van der Waals surface area contributed by atoms with Gasteiger partial charge in [0, 0.05) is 38.3 Å². The highest BCUT2D eigenvalue weighted by Crippen LogP contribution is 2.21. The number of aryl methyl sites for hydroxylation is 2. The van der Waals surface area contributed by atoms with Crippen LogP contribution in [0.2, 0.25) is 0 Å². The molecule has 0 aromatic carbocycles. The van der Waals surface area contributed by atoms with E-state index in [1.165, 1.54) is 0 Å². The monoisotopic (exact) mass is 292 g/mol. The van der Waals surface area contributed by atoms with E-state index >= 15 is 0 Å². The van der Waals surface area contributed by atoms with Crippen LogP contribution in [0.15, 0.2) is 6.07 Å². The first-order chi connectivity index (χ1) is 9.95. The number of carbonyl (C=O) groups excluding carboxylic acids is 3. The van der Waals surface area contributed by atoms with Gasteiger partial charge in [0.1, 0.15) is 0 Å². The van der Waals surface area contributed by atoms with Gasteiger partial charge in [-0.15, -0.1) is 0 Å². The zero-order valence-corrected chi connectivity index (χ0v) is 11.9. The first kappa shape index (κ1) is 13.6. The number of hydrogen-bond acceptors (Lipinski definition) is 5. The van der Waals surface area contributed by atoms with Crippen molar-refractivity contribution in [2.45, 2.75) is 6.92 Å². The van der Waals surface area contributed by atoms with Gasteiger partial charge in [-0.1, -0.05) is 0 Å². The number of imide groups is 1. The van der Waals surface area contributed by atoms with Crippen LogP contribution in [0.25, 0.3) is 0 Å². The Morgan fingerprint density at radius 1 is 1.43 bits per heavy atom. The van der Waals surface area contributed by atoms with Crippen molar-refractivity contribution in [2.24, 2.45) is 13.0 Å². The molecule has 2 saturated heterocycles. The van der Waals surface area contributed by atoms with Crippen molar-refractivity contribution in [3.05, 3.63) is 17.5 Å². The van der Waals surface area contributed by atoms with E-state index in [1.54, 1.807) is 22.7 Å². The number of aromatic nitrogens is 2. The number of cyclic esters (lactones) is 1. The molecule has 0 spiro atoms. The standard InChI is InChI=1S/C13H16N4O4/c1-8-3-10(14-15(8)2)12(19)16-4-9(5-16)6-17-11(18)7-21-13(17)20/h3,9H,4-7H2,1-2H3. The summed E-state index contributed by atoms with van der Waals surface area (Å²) in [5, 5.41) is 4.15. The Labute approximate surface area is 121 Å². The highest BCUT2D eigenvalue weighted by atomic mass is 16.6. The van der Waals surface area contributed by atoms with Gasteiger partial charge in [0.05, 0.1) is 0 Å². The summed E-state index contributed by atoms with van der Waals surface area (Å²) in [4.78, 5) is 37.7. The Morgan fingerprint density at radius 3 is 2.67 bits per heavy atom. The summed E-state index contributed by atoms with van der Waals surface area (Å²) in [6, 6.07) is 1.75. The lowest BCUT2D eigenvalue weighted by atomic mass is 9.99. The van der Waals surface area contributed by atoms with Crippen LogP contribution in [-0.4, -0.2) is 63.7 Å². The minimum Gasteiger partial charge on any atom is -0.439 e. The second-order valence-corrected chi connectivity index (χ2v) is 5.43. The van der Waals surface area contributed by atoms with Gasteiger partial charge in [0.15, 0.2) is 12.3 Å². The fourth-order valence-corrected chi connectivity index (χ4v) is 2.49. The molecule has 0 saturated carbocycles. The van der Waals surface area contributed by atoms with E-state index in [9.17, 15) is 14.4 Å². The Kier molecular flexibility index (Phi) is 3.15. The molecule has 2 aliphatic heterocycles. The Morgan fingerprint density at radius 2 is 2.14 bits per heavy atom. The minimum atomic E-state index is -0.592. The van der Waals surface area contributed by atoms with Crippen molar-refractivity contribution in [2.75, 3.05) is 26.2 Å². The maximum Gasteiger partial charge on any atom is 0.417 e. The minimum absolute atomic E-state index is 0.105. The molecule has 3 rings (SSSR count). The van der Waals surface area contributed by atoms with Crippen LogP contribution in [0.1, 0.15) is 16.2 Å². The van der Waals surface area contributed by atoms with Crippen LogP contribution in [0.3, 0.4) is 0 Å². The van der Waals surface area contributed by atoms with E-state index in [1.807, 2.05) is 6.92 Å². The summed E-state index contributed by atoms with van der Waals surface area (Å²) >= 11 is 0. The Bertz CT molecular complexity index is 582. The van der Waals surface area contributed by atoms with Gasteiger partial charge in [-0.3, -0.25) is 14.3 Å². The van der Waals surface area contributed by atoms with E-state index in [-0.39, 0.29) is 24.3 Å². The van der Waals surface area contributed by atoms with Crippen molar-refractivity contribution in [3.8, 4) is 0 Å². The molecule has 0 atom stereocenters. The molecule has 21 heavy (non-hydrogen) atoms. The fourth-order valence-electron chi connectivity index (χ4n) is 2.49. The van der Waals surface area contributed by atoms with Crippen molar-refractivity contribution in [1.82, 2.24) is 19.6 Å². The quantitative estimate of drug-likeness (QED) is 0.769. The summed E-state index contributed by atoms with van der Waals surface area (Å²) in [6.07, 6.45) is -0.592. The van der Waals surface area contributed by atoms with E-state index in [0.29, 0.717) is 25.3 Å². The van der Waals surface area contributed by atoms with Crippen molar-refractivity contribution >= 4 is 17.9 Å². The summed E-state index contributed by atoms with van der Waals surface area (Å²) in [5.74, 6) is -0.330. The molecule has 3 amide bonds. The number of amides is 3. The number of rotatable bonds is 3. The maximum atomic E-state index is 12.2.